The SMILES string of the molecule is CC[C@H]1OC=[C-][C@@H]1C.[Li+]. The van der Waals surface area contributed by atoms with Gasteiger partial charge in [-0.05, 0) is 6.42 Å². The fraction of sp³-hybridized carbons (Fsp3) is 0.714. The summed E-state index contributed by atoms with van der Waals surface area (Å²) in [6.07, 6.45) is 6.24. The zero-order valence-electron chi connectivity index (χ0n) is 6.35. The molecular formula is C7H11LiO. The van der Waals surface area contributed by atoms with Crippen LogP contribution < -0.4 is 18.9 Å². The molecule has 0 radical (unpaired) electrons. The normalized spacial score (nSPS) is 31.3. The van der Waals surface area contributed by atoms with E-state index in [1.54, 1.807) is 6.26 Å². The molecule has 0 bridgehead atoms. The molecule has 2 heteroatoms. The molecule has 0 unspecified atom stereocenters. The third-order valence-corrected chi connectivity index (χ3v) is 1.53. The van der Waals surface area contributed by atoms with Gasteiger partial charge in [-0.15, -0.1) is 5.92 Å². The molecule has 0 amide bonds. The van der Waals surface area contributed by atoms with Crippen molar-refractivity contribution in [2.75, 3.05) is 0 Å². The van der Waals surface area contributed by atoms with Crippen LogP contribution in [0.3, 0.4) is 0 Å². The molecule has 0 aromatic heterocycles. The van der Waals surface area contributed by atoms with Gasteiger partial charge in [-0.1, -0.05) is 20.1 Å². The summed E-state index contributed by atoms with van der Waals surface area (Å²) >= 11 is 0. The van der Waals surface area contributed by atoms with E-state index in [1.165, 1.54) is 0 Å². The minimum Gasteiger partial charge on any atom is -0.537 e. The molecule has 0 fully saturated rings. The van der Waals surface area contributed by atoms with E-state index >= 15 is 0 Å². The van der Waals surface area contributed by atoms with Gasteiger partial charge in [-0.25, -0.2) is 0 Å². The summed E-state index contributed by atoms with van der Waals surface area (Å²) in [5.41, 5.74) is 0. The zero-order valence-corrected chi connectivity index (χ0v) is 6.35. The van der Waals surface area contributed by atoms with Gasteiger partial charge >= 0.3 is 18.9 Å². The van der Waals surface area contributed by atoms with Crippen molar-refractivity contribution in [2.24, 2.45) is 5.92 Å². The zero-order chi connectivity index (χ0) is 5.98. The molecule has 1 aliphatic rings. The summed E-state index contributed by atoms with van der Waals surface area (Å²) in [7, 11) is 0. The van der Waals surface area contributed by atoms with Crippen molar-refractivity contribution < 1.29 is 23.6 Å². The molecule has 0 saturated carbocycles. The largest absolute Gasteiger partial charge is 1.00 e. The maximum Gasteiger partial charge on any atom is 1.00 e. The van der Waals surface area contributed by atoms with Crippen LogP contribution in [0.5, 0.6) is 0 Å². The van der Waals surface area contributed by atoms with Crippen molar-refractivity contribution in [1.82, 2.24) is 0 Å². The molecule has 1 aliphatic heterocycles. The average Bonchev–Trinajstić information content (AvgIpc) is 2.14. The van der Waals surface area contributed by atoms with Gasteiger partial charge in [0, 0.05) is 0 Å². The van der Waals surface area contributed by atoms with Crippen LogP contribution in [0.1, 0.15) is 20.3 Å². The molecule has 9 heavy (non-hydrogen) atoms. The Kier molecular flexibility index (Phi) is 4.10. The summed E-state index contributed by atoms with van der Waals surface area (Å²) in [5.74, 6) is 0.500. The topological polar surface area (TPSA) is 9.23 Å². The molecule has 0 aromatic carbocycles. The summed E-state index contributed by atoms with van der Waals surface area (Å²) in [4.78, 5) is 0. The molecule has 0 N–H and O–H groups in total. The van der Waals surface area contributed by atoms with Crippen LogP contribution >= 0.6 is 0 Å². The van der Waals surface area contributed by atoms with Gasteiger partial charge in [0.05, 0.1) is 6.10 Å². The van der Waals surface area contributed by atoms with Crippen molar-refractivity contribution in [3.63, 3.8) is 0 Å². The predicted molar refractivity (Wildman–Crippen MR) is 32.1 cm³/mol. The van der Waals surface area contributed by atoms with Crippen LogP contribution in [0.2, 0.25) is 0 Å². The van der Waals surface area contributed by atoms with Crippen LogP contribution in [0.4, 0.5) is 0 Å². The first kappa shape index (κ1) is 9.14. The Bertz CT molecular complexity index is 101. The molecule has 1 nitrogen and oxygen atoms in total. The minimum atomic E-state index is 0. The van der Waals surface area contributed by atoms with Gasteiger partial charge in [0.25, 0.3) is 0 Å². The Balaban J connectivity index is 0.000000640. The predicted octanol–water partition coefficient (Wildman–Crippen LogP) is -1.25. The van der Waals surface area contributed by atoms with Crippen molar-refractivity contribution >= 4 is 0 Å². The van der Waals surface area contributed by atoms with Crippen LogP contribution in [-0.2, 0) is 4.74 Å². The standard InChI is InChI=1S/C7H11O.Li/c1-3-7-6(2)4-5-8-7;/h5-7H,3H2,1-2H3;/q-1;+1/t6-,7+;/m0./s1. The fourth-order valence-corrected chi connectivity index (χ4v) is 0.909. The Morgan fingerprint density at radius 1 is 1.67 bits per heavy atom. The van der Waals surface area contributed by atoms with Gasteiger partial charge in [-0.2, -0.15) is 0 Å². The van der Waals surface area contributed by atoms with Gasteiger partial charge in [0.2, 0.25) is 0 Å². The van der Waals surface area contributed by atoms with Gasteiger partial charge in [0.1, 0.15) is 0 Å². The van der Waals surface area contributed by atoms with Crippen LogP contribution in [0.25, 0.3) is 0 Å². The Hall–Kier alpha value is 0.137. The van der Waals surface area contributed by atoms with Crippen LogP contribution in [-0.4, -0.2) is 6.10 Å². The Morgan fingerprint density at radius 2 is 2.33 bits per heavy atom. The molecule has 0 saturated heterocycles. The van der Waals surface area contributed by atoms with Crippen LogP contribution in [0, 0.1) is 12.0 Å². The third-order valence-electron chi connectivity index (χ3n) is 1.53. The molecule has 0 aliphatic carbocycles. The third kappa shape index (κ3) is 2.08. The number of ether oxygens (including phenoxy) is 1. The quantitative estimate of drug-likeness (QED) is 0.309. The maximum absolute atomic E-state index is 5.18. The van der Waals surface area contributed by atoms with E-state index in [9.17, 15) is 0 Å². The first-order valence-electron chi connectivity index (χ1n) is 3.07. The van der Waals surface area contributed by atoms with E-state index < -0.39 is 0 Å². The summed E-state index contributed by atoms with van der Waals surface area (Å²) < 4.78 is 5.18. The second-order valence-electron chi connectivity index (χ2n) is 2.16. The van der Waals surface area contributed by atoms with Crippen molar-refractivity contribution in [1.29, 1.82) is 0 Å². The van der Waals surface area contributed by atoms with E-state index in [-0.39, 0.29) is 18.9 Å². The van der Waals surface area contributed by atoms with Gasteiger partial charge in [-0.3, -0.25) is 0 Å². The second kappa shape index (κ2) is 4.03. The van der Waals surface area contributed by atoms with Crippen LogP contribution in [0.15, 0.2) is 6.26 Å². The molecule has 0 aromatic rings. The number of hydrogen-bond donors (Lipinski definition) is 0. The van der Waals surface area contributed by atoms with Gasteiger partial charge in [0.15, 0.2) is 0 Å². The monoisotopic (exact) mass is 118 g/mol. The van der Waals surface area contributed by atoms with Gasteiger partial charge < -0.3 is 10.8 Å². The van der Waals surface area contributed by atoms with E-state index in [0.717, 1.165) is 6.42 Å². The second-order valence-corrected chi connectivity index (χ2v) is 2.16. The van der Waals surface area contributed by atoms with E-state index in [1.807, 2.05) is 0 Å². The smallest absolute Gasteiger partial charge is 0.537 e. The summed E-state index contributed by atoms with van der Waals surface area (Å²) in [5, 5.41) is 0. The first-order valence-corrected chi connectivity index (χ1v) is 3.07. The first-order chi connectivity index (χ1) is 3.84. The average molecular weight is 118 g/mol. The number of rotatable bonds is 1. The molecule has 46 valence electrons. The van der Waals surface area contributed by atoms with Crippen molar-refractivity contribution in [2.45, 2.75) is 26.4 Å². The Morgan fingerprint density at radius 3 is 2.56 bits per heavy atom. The molecule has 1 rings (SSSR count). The molecular weight excluding hydrogens is 107 g/mol. The molecule has 0 spiro atoms. The maximum atomic E-state index is 5.18. The molecule has 1 heterocycles. The fourth-order valence-electron chi connectivity index (χ4n) is 0.909. The van der Waals surface area contributed by atoms with Crippen molar-refractivity contribution in [3.8, 4) is 0 Å². The molecule has 2 atom stereocenters. The summed E-state index contributed by atoms with van der Waals surface area (Å²) in [6, 6.07) is 0. The van der Waals surface area contributed by atoms with Crippen molar-refractivity contribution in [3.05, 3.63) is 12.3 Å². The van der Waals surface area contributed by atoms with E-state index in [4.69, 9.17) is 4.74 Å². The summed E-state index contributed by atoms with van der Waals surface area (Å²) in [6.45, 7) is 4.25. The number of hydrogen-bond acceptors (Lipinski definition) is 1. The van der Waals surface area contributed by atoms with E-state index in [0.29, 0.717) is 12.0 Å². The minimum absolute atomic E-state index is 0. The Labute approximate surface area is 68.6 Å². The van der Waals surface area contributed by atoms with E-state index in [2.05, 4.69) is 19.9 Å².